The topological polar surface area (TPSA) is 90.8 Å². The number of rotatable bonds is 5. The SMILES string of the molecule is COc1ccnc(Oc2cccc(OC)c2C(=O)O)n1. The molecule has 0 amide bonds. The van der Waals surface area contributed by atoms with Crippen LogP contribution in [0.15, 0.2) is 30.5 Å². The van der Waals surface area contributed by atoms with Crippen molar-refractivity contribution in [3.63, 3.8) is 0 Å². The summed E-state index contributed by atoms with van der Waals surface area (Å²) in [6, 6.07) is 6.18. The first-order valence-corrected chi connectivity index (χ1v) is 5.61. The summed E-state index contributed by atoms with van der Waals surface area (Å²) in [6.45, 7) is 0. The van der Waals surface area contributed by atoms with E-state index in [1.54, 1.807) is 12.1 Å². The van der Waals surface area contributed by atoms with Crippen molar-refractivity contribution in [1.29, 1.82) is 0 Å². The van der Waals surface area contributed by atoms with Crippen molar-refractivity contribution < 1.29 is 24.1 Å². The third-order valence-electron chi connectivity index (χ3n) is 2.44. The van der Waals surface area contributed by atoms with Crippen LogP contribution in [-0.4, -0.2) is 35.3 Å². The van der Waals surface area contributed by atoms with E-state index in [2.05, 4.69) is 9.97 Å². The molecule has 7 heteroatoms. The molecular formula is C13H12N2O5. The summed E-state index contributed by atoms with van der Waals surface area (Å²) >= 11 is 0. The van der Waals surface area contributed by atoms with E-state index >= 15 is 0 Å². The van der Waals surface area contributed by atoms with Gasteiger partial charge >= 0.3 is 12.0 Å². The largest absolute Gasteiger partial charge is 0.496 e. The molecule has 0 saturated heterocycles. The highest BCUT2D eigenvalue weighted by molar-refractivity contribution is 5.94. The van der Waals surface area contributed by atoms with E-state index in [-0.39, 0.29) is 23.1 Å². The van der Waals surface area contributed by atoms with Gasteiger partial charge in [-0.25, -0.2) is 9.78 Å². The lowest BCUT2D eigenvalue weighted by atomic mass is 10.2. The average Bonchev–Trinajstić information content (AvgIpc) is 2.46. The monoisotopic (exact) mass is 276 g/mol. The number of carboxylic acid groups (broad SMARTS) is 1. The summed E-state index contributed by atoms with van der Waals surface area (Å²) in [5.74, 6) is -0.571. The first-order valence-electron chi connectivity index (χ1n) is 5.61. The lowest BCUT2D eigenvalue weighted by Gasteiger charge is -2.10. The van der Waals surface area contributed by atoms with E-state index in [4.69, 9.17) is 14.2 Å². The van der Waals surface area contributed by atoms with Crippen molar-refractivity contribution in [2.24, 2.45) is 0 Å². The highest BCUT2D eigenvalue weighted by Crippen LogP contribution is 2.31. The molecule has 0 radical (unpaired) electrons. The fourth-order valence-corrected chi connectivity index (χ4v) is 1.56. The number of benzene rings is 1. The molecule has 1 aromatic heterocycles. The zero-order chi connectivity index (χ0) is 14.5. The number of nitrogens with zero attached hydrogens (tertiary/aromatic N) is 2. The number of carbonyl (C=O) groups is 1. The highest BCUT2D eigenvalue weighted by atomic mass is 16.5. The molecule has 0 atom stereocenters. The van der Waals surface area contributed by atoms with Gasteiger partial charge in [0.1, 0.15) is 17.1 Å². The Morgan fingerprint density at radius 2 is 1.90 bits per heavy atom. The molecule has 0 saturated carbocycles. The molecule has 0 fully saturated rings. The summed E-state index contributed by atoms with van der Waals surface area (Å²) in [5, 5.41) is 9.23. The van der Waals surface area contributed by atoms with Crippen LogP contribution >= 0.6 is 0 Å². The molecule has 0 aliphatic rings. The molecule has 20 heavy (non-hydrogen) atoms. The van der Waals surface area contributed by atoms with E-state index in [0.29, 0.717) is 5.88 Å². The summed E-state index contributed by atoms with van der Waals surface area (Å²) in [5.41, 5.74) is -0.0959. The standard InChI is InChI=1S/C13H12N2O5/c1-18-8-4-3-5-9(11(8)12(16)17)20-13-14-7-6-10(15-13)19-2/h3-7H,1-2H3,(H,16,17). The van der Waals surface area contributed by atoms with Crippen LogP contribution in [0.2, 0.25) is 0 Å². The van der Waals surface area contributed by atoms with E-state index in [9.17, 15) is 9.90 Å². The van der Waals surface area contributed by atoms with Crippen LogP contribution in [0, 0.1) is 0 Å². The molecule has 7 nitrogen and oxygen atoms in total. The smallest absolute Gasteiger partial charge is 0.343 e. The Kier molecular flexibility index (Phi) is 3.99. The highest BCUT2D eigenvalue weighted by Gasteiger charge is 2.18. The number of hydrogen-bond donors (Lipinski definition) is 1. The van der Waals surface area contributed by atoms with Gasteiger partial charge < -0.3 is 19.3 Å². The quantitative estimate of drug-likeness (QED) is 0.892. The van der Waals surface area contributed by atoms with Crippen molar-refractivity contribution in [2.45, 2.75) is 0 Å². The molecule has 0 unspecified atom stereocenters. The van der Waals surface area contributed by atoms with E-state index in [0.717, 1.165) is 0 Å². The van der Waals surface area contributed by atoms with Crippen LogP contribution in [0.25, 0.3) is 0 Å². The lowest BCUT2D eigenvalue weighted by Crippen LogP contribution is -2.04. The molecule has 0 bridgehead atoms. The average molecular weight is 276 g/mol. The summed E-state index contributed by atoms with van der Waals surface area (Å²) in [4.78, 5) is 19.1. The summed E-state index contributed by atoms with van der Waals surface area (Å²) < 4.78 is 15.3. The second-order valence-electron chi connectivity index (χ2n) is 3.62. The zero-order valence-corrected chi connectivity index (χ0v) is 10.9. The normalized spacial score (nSPS) is 9.90. The van der Waals surface area contributed by atoms with Gasteiger partial charge in [0.2, 0.25) is 5.88 Å². The van der Waals surface area contributed by atoms with E-state index < -0.39 is 5.97 Å². The van der Waals surface area contributed by atoms with Crippen LogP contribution in [0.4, 0.5) is 0 Å². The van der Waals surface area contributed by atoms with Crippen molar-refractivity contribution in [3.05, 3.63) is 36.0 Å². The Hall–Kier alpha value is -2.83. The molecule has 2 aromatic rings. The second-order valence-corrected chi connectivity index (χ2v) is 3.62. The Bertz CT molecular complexity index is 630. The van der Waals surface area contributed by atoms with Gasteiger partial charge in [-0.1, -0.05) is 6.07 Å². The third kappa shape index (κ3) is 2.77. The molecule has 1 aromatic carbocycles. The molecule has 2 rings (SSSR count). The molecular weight excluding hydrogens is 264 g/mol. The Morgan fingerprint density at radius 1 is 1.15 bits per heavy atom. The van der Waals surface area contributed by atoms with Gasteiger partial charge in [-0.2, -0.15) is 4.98 Å². The van der Waals surface area contributed by atoms with Crippen molar-refractivity contribution in [1.82, 2.24) is 9.97 Å². The molecule has 0 aliphatic heterocycles. The maximum absolute atomic E-state index is 11.3. The molecule has 104 valence electrons. The molecule has 1 N–H and O–H groups in total. The predicted octanol–water partition coefficient (Wildman–Crippen LogP) is 1.98. The van der Waals surface area contributed by atoms with Gasteiger partial charge in [0.05, 0.1) is 14.2 Å². The van der Waals surface area contributed by atoms with Crippen LogP contribution in [0.5, 0.6) is 23.4 Å². The Labute approximate surface area is 114 Å². The van der Waals surface area contributed by atoms with Gasteiger partial charge in [0, 0.05) is 12.3 Å². The second kappa shape index (κ2) is 5.87. The molecule has 0 aliphatic carbocycles. The van der Waals surface area contributed by atoms with Crippen LogP contribution in [0.3, 0.4) is 0 Å². The van der Waals surface area contributed by atoms with E-state index in [1.807, 2.05) is 0 Å². The molecule has 0 spiro atoms. The number of ether oxygens (including phenoxy) is 3. The minimum atomic E-state index is -1.17. The lowest BCUT2D eigenvalue weighted by molar-refractivity contribution is 0.0690. The van der Waals surface area contributed by atoms with Crippen LogP contribution in [-0.2, 0) is 0 Å². The first-order chi connectivity index (χ1) is 9.65. The third-order valence-corrected chi connectivity index (χ3v) is 2.44. The number of carboxylic acids is 1. The van der Waals surface area contributed by atoms with Crippen molar-refractivity contribution >= 4 is 5.97 Å². The van der Waals surface area contributed by atoms with Crippen molar-refractivity contribution in [3.8, 4) is 23.4 Å². The number of aromatic nitrogens is 2. The zero-order valence-electron chi connectivity index (χ0n) is 10.9. The predicted molar refractivity (Wildman–Crippen MR) is 68.6 cm³/mol. The molecule has 1 heterocycles. The van der Waals surface area contributed by atoms with Gasteiger partial charge in [-0.05, 0) is 12.1 Å². The van der Waals surface area contributed by atoms with Gasteiger partial charge in [0.15, 0.2) is 0 Å². The Balaban J connectivity index is 2.40. The number of methoxy groups -OCH3 is 2. The van der Waals surface area contributed by atoms with Crippen LogP contribution in [0.1, 0.15) is 10.4 Å². The van der Waals surface area contributed by atoms with Gasteiger partial charge in [-0.15, -0.1) is 0 Å². The van der Waals surface area contributed by atoms with E-state index in [1.165, 1.54) is 32.5 Å². The van der Waals surface area contributed by atoms with Gasteiger partial charge in [0.25, 0.3) is 0 Å². The fraction of sp³-hybridized carbons (Fsp3) is 0.154. The van der Waals surface area contributed by atoms with Crippen molar-refractivity contribution in [2.75, 3.05) is 14.2 Å². The summed E-state index contributed by atoms with van der Waals surface area (Å²) in [7, 11) is 2.84. The number of aromatic carboxylic acids is 1. The minimum absolute atomic E-state index is 0.0138. The van der Waals surface area contributed by atoms with Gasteiger partial charge in [-0.3, -0.25) is 0 Å². The maximum Gasteiger partial charge on any atom is 0.343 e. The maximum atomic E-state index is 11.3. The fourth-order valence-electron chi connectivity index (χ4n) is 1.56. The number of hydrogen-bond acceptors (Lipinski definition) is 6. The Morgan fingerprint density at radius 3 is 2.55 bits per heavy atom. The summed E-state index contributed by atoms with van der Waals surface area (Å²) in [6.07, 6.45) is 1.45. The van der Waals surface area contributed by atoms with Crippen LogP contribution < -0.4 is 14.2 Å². The first kappa shape index (κ1) is 13.6. The minimum Gasteiger partial charge on any atom is -0.496 e.